The minimum Gasteiger partial charge on any atom is -0.103 e. The van der Waals surface area contributed by atoms with Crippen molar-refractivity contribution in [2.45, 2.75) is 40.0 Å². The van der Waals surface area contributed by atoms with Gasteiger partial charge in [0.1, 0.15) is 0 Å². The number of hydrogen-bond donors (Lipinski definition) is 0. The molecule has 0 saturated heterocycles. The van der Waals surface area contributed by atoms with Gasteiger partial charge in [0, 0.05) is 0 Å². The van der Waals surface area contributed by atoms with Crippen LogP contribution >= 0.6 is 0 Å². The molecule has 0 unspecified atom stereocenters. The molecule has 0 N–H and O–H groups in total. The molecule has 0 rings (SSSR count). The predicted molar refractivity (Wildman–Crippen MR) is 52.6 cm³/mol. The molecule has 0 aliphatic carbocycles. The van der Waals surface area contributed by atoms with Gasteiger partial charge in [-0.2, -0.15) is 0 Å². The van der Waals surface area contributed by atoms with Gasteiger partial charge in [-0.15, -0.1) is 6.58 Å². The Hall–Kier alpha value is -0.520. The van der Waals surface area contributed by atoms with E-state index in [4.69, 9.17) is 0 Å². The second-order valence-electron chi connectivity index (χ2n) is 3.85. The lowest BCUT2D eigenvalue weighted by atomic mass is 9.81. The SMILES string of the molecule is C=CCCCC(C)(C)C(=C)C. The summed E-state index contributed by atoms with van der Waals surface area (Å²) < 4.78 is 0. The molecular formula is C11H20. The fourth-order valence-corrected chi connectivity index (χ4v) is 0.902. The van der Waals surface area contributed by atoms with Gasteiger partial charge in [0.15, 0.2) is 0 Å². The molecule has 0 aromatic carbocycles. The fourth-order valence-electron chi connectivity index (χ4n) is 0.902. The summed E-state index contributed by atoms with van der Waals surface area (Å²) in [6.45, 7) is 14.3. The molecule has 0 nitrogen and oxygen atoms in total. The topological polar surface area (TPSA) is 0 Å². The Morgan fingerprint density at radius 1 is 1.45 bits per heavy atom. The van der Waals surface area contributed by atoms with Crippen molar-refractivity contribution in [3.05, 3.63) is 24.8 Å². The Kier molecular flexibility index (Phi) is 4.17. The Morgan fingerprint density at radius 3 is 2.36 bits per heavy atom. The first kappa shape index (κ1) is 10.5. The highest BCUT2D eigenvalue weighted by Crippen LogP contribution is 2.30. The van der Waals surface area contributed by atoms with E-state index in [0.29, 0.717) is 5.41 Å². The van der Waals surface area contributed by atoms with E-state index >= 15 is 0 Å². The van der Waals surface area contributed by atoms with Gasteiger partial charge in [-0.05, 0) is 31.6 Å². The van der Waals surface area contributed by atoms with Crippen LogP contribution in [0.2, 0.25) is 0 Å². The summed E-state index contributed by atoms with van der Waals surface area (Å²) in [4.78, 5) is 0. The fraction of sp³-hybridized carbons (Fsp3) is 0.636. The lowest BCUT2D eigenvalue weighted by molar-refractivity contribution is 0.397. The van der Waals surface area contributed by atoms with Crippen molar-refractivity contribution in [2.24, 2.45) is 5.41 Å². The highest BCUT2D eigenvalue weighted by molar-refractivity contribution is 5.02. The van der Waals surface area contributed by atoms with E-state index in [2.05, 4.69) is 33.9 Å². The zero-order valence-corrected chi connectivity index (χ0v) is 8.11. The molecule has 0 spiro atoms. The zero-order valence-electron chi connectivity index (χ0n) is 8.11. The third kappa shape index (κ3) is 4.02. The first-order chi connectivity index (χ1) is 5.00. The number of unbranched alkanes of at least 4 members (excludes halogenated alkanes) is 1. The van der Waals surface area contributed by atoms with Crippen LogP contribution in [0.5, 0.6) is 0 Å². The van der Waals surface area contributed by atoms with E-state index < -0.39 is 0 Å². The van der Waals surface area contributed by atoms with Crippen LogP contribution in [-0.4, -0.2) is 0 Å². The maximum atomic E-state index is 3.98. The van der Waals surface area contributed by atoms with Crippen molar-refractivity contribution >= 4 is 0 Å². The van der Waals surface area contributed by atoms with Crippen LogP contribution in [0, 0.1) is 5.41 Å². The quantitative estimate of drug-likeness (QED) is 0.413. The molecule has 64 valence electrons. The number of rotatable bonds is 5. The summed E-state index contributed by atoms with van der Waals surface area (Å²) >= 11 is 0. The molecule has 0 aromatic heterocycles. The Bertz CT molecular complexity index is 140. The molecule has 0 aromatic rings. The molecule has 0 heteroatoms. The molecule has 0 saturated carbocycles. The zero-order chi connectivity index (χ0) is 8.91. The summed E-state index contributed by atoms with van der Waals surface area (Å²) in [6.07, 6.45) is 5.54. The maximum Gasteiger partial charge on any atom is -0.0150 e. The minimum absolute atomic E-state index is 0.309. The second-order valence-corrected chi connectivity index (χ2v) is 3.85. The average molecular weight is 152 g/mol. The molecule has 0 bridgehead atoms. The molecule has 0 amide bonds. The van der Waals surface area contributed by atoms with Crippen molar-refractivity contribution in [3.63, 3.8) is 0 Å². The van der Waals surface area contributed by atoms with Gasteiger partial charge < -0.3 is 0 Å². The number of allylic oxidation sites excluding steroid dienone is 2. The van der Waals surface area contributed by atoms with Crippen molar-refractivity contribution in [2.75, 3.05) is 0 Å². The van der Waals surface area contributed by atoms with Gasteiger partial charge in [0.05, 0.1) is 0 Å². The monoisotopic (exact) mass is 152 g/mol. The van der Waals surface area contributed by atoms with Crippen LogP contribution in [-0.2, 0) is 0 Å². The molecule has 0 aliphatic rings. The maximum absolute atomic E-state index is 3.98. The summed E-state index contributed by atoms with van der Waals surface area (Å²) in [5.41, 5.74) is 1.59. The summed E-state index contributed by atoms with van der Waals surface area (Å²) in [5, 5.41) is 0. The average Bonchev–Trinajstić information content (AvgIpc) is 1.88. The predicted octanol–water partition coefficient (Wildman–Crippen LogP) is 3.95. The van der Waals surface area contributed by atoms with Gasteiger partial charge in [0.25, 0.3) is 0 Å². The minimum atomic E-state index is 0.309. The van der Waals surface area contributed by atoms with Crippen LogP contribution in [0.25, 0.3) is 0 Å². The summed E-state index contributed by atoms with van der Waals surface area (Å²) in [5.74, 6) is 0. The molecular weight excluding hydrogens is 132 g/mol. The standard InChI is InChI=1S/C11H20/c1-6-7-8-9-11(4,5)10(2)3/h6H,1-2,7-9H2,3-5H3. The number of hydrogen-bond acceptors (Lipinski definition) is 0. The molecule has 0 fully saturated rings. The lowest BCUT2D eigenvalue weighted by Crippen LogP contribution is -2.11. The molecule has 0 atom stereocenters. The van der Waals surface area contributed by atoms with Crippen LogP contribution < -0.4 is 0 Å². The van der Waals surface area contributed by atoms with E-state index in [1.165, 1.54) is 18.4 Å². The molecule has 0 heterocycles. The van der Waals surface area contributed by atoms with E-state index in [-0.39, 0.29) is 0 Å². The van der Waals surface area contributed by atoms with Crippen LogP contribution in [0.3, 0.4) is 0 Å². The smallest absolute Gasteiger partial charge is 0.0150 e. The van der Waals surface area contributed by atoms with Gasteiger partial charge in [0.2, 0.25) is 0 Å². The highest BCUT2D eigenvalue weighted by Gasteiger charge is 2.16. The van der Waals surface area contributed by atoms with E-state index in [9.17, 15) is 0 Å². The van der Waals surface area contributed by atoms with Crippen LogP contribution in [0.15, 0.2) is 24.8 Å². The first-order valence-corrected chi connectivity index (χ1v) is 4.27. The highest BCUT2D eigenvalue weighted by atomic mass is 14.2. The van der Waals surface area contributed by atoms with E-state index in [0.717, 1.165) is 6.42 Å². The van der Waals surface area contributed by atoms with Crippen LogP contribution in [0.1, 0.15) is 40.0 Å². The Morgan fingerprint density at radius 2 is 2.00 bits per heavy atom. The third-order valence-corrected chi connectivity index (χ3v) is 2.37. The van der Waals surface area contributed by atoms with Crippen molar-refractivity contribution < 1.29 is 0 Å². The van der Waals surface area contributed by atoms with Gasteiger partial charge in [-0.3, -0.25) is 0 Å². The summed E-state index contributed by atoms with van der Waals surface area (Å²) in [6, 6.07) is 0. The van der Waals surface area contributed by atoms with Crippen LogP contribution in [0.4, 0.5) is 0 Å². The first-order valence-electron chi connectivity index (χ1n) is 4.27. The summed E-state index contributed by atoms with van der Waals surface area (Å²) in [7, 11) is 0. The van der Waals surface area contributed by atoms with Crippen molar-refractivity contribution in [3.8, 4) is 0 Å². The molecule has 0 radical (unpaired) electrons. The lowest BCUT2D eigenvalue weighted by Gasteiger charge is -2.24. The van der Waals surface area contributed by atoms with Gasteiger partial charge in [-0.1, -0.05) is 32.1 Å². The Labute approximate surface area is 71.0 Å². The second kappa shape index (κ2) is 4.38. The van der Waals surface area contributed by atoms with E-state index in [1.807, 2.05) is 6.08 Å². The largest absolute Gasteiger partial charge is 0.103 e. The van der Waals surface area contributed by atoms with Gasteiger partial charge >= 0.3 is 0 Å². The van der Waals surface area contributed by atoms with E-state index in [1.54, 1.807) is 0 Å². The molecule has 11 heavy (non-hydrogen) atoms. The van der Waals surface area contributed by atoms with Crippen molar-refractivity contribution in [1.82, 2.24) is 0 Å². The normalized spacial score (nSPS) is 11.2. The van der Waals surface area contributed by atoms with Crippen molar-refractivity contribution in [1.29, 1.82) is 0 Å². The Balaban J connectivity index is 3.72. The van der Waals surface area contributed by atoms with Gasteiger partial charge in [-0.25, -0.2) is 0 Å². The third-order valence-electron chi connectivity index (χ3n) is 2.37. The molecule has 0 aliphatic heterocycles.